The Labute approximate surface area is 48.5 Å². The predicted octanol–water partition coefficient (Wildman–Crippen LogP) is -0.500. The molecule has 0 bridgehead atoms. The van der Waals surface area contributed by atoms with Gasteiger partial charge in [0.05, 0.1) is 0 Å². The van der Waals surface area contributed by atoms with Gasteiger partial charge in [-0.15, -0.1) is 4.68 Å². The van der Waals surface area contributed by atoms with E-state index in [9.17, 15) is 0 Å². The minimum Gasteiger partial charge on any atom is -0.250 e. The number of aromatic amines is 1. The molecule has 3 heteroatoms. The molecule has 1 N–H and O–H groups in total. The van der Waals surface area contributed by atoms with Crippen LogP contribution in [0.25, 0.3) is 0 Å². The highest BCUT2D eigenvalue weighted by molar-refractivity contribution is 4.59. The van der Waals surface area contributed by atoms with E-state index in [1.54, 1.807) is 0 Å². The van der Waals surface area contributed by atoms with Gasteiger partial charge in [0.1, 0.15) is 6.20 Å². The molecule has 8 heavy (non-hydrogen) atoms. The second kappa shape index (κ2) is 1.86. The van der Waals surface area contributed by atoms with Gasteiger partial charge in [-0.25, -0.2) is 9.99 Å². The molecule has 1 aromatic rings. The molecule has 1 rings (SSSR count). The maximum Gasteiger partial charge on any atom is 0.265 e. The fourth-order valence-electron chi connectivity index (χ4n) is 0.531. The molecule has 3 nitrogen and oxygen atoms in total. The molecule has 0 unspecified atom stereocenters. The molecular weight excluding hydrogens is 102 g/mol. The summed E-state index contributed by atoms with van der Waals surface area (Å²) in [5.74, 6) is 0. The fourth-order valence-corrected chi connectivity index (χ4v) is 0.531. The zero-order chi connectivity index (χ0) is 5.98. The summed E-state index contributed by atoms with van der Waals surface area (Å²) in [6.45, 7) is 0. The van der Waals surface area contributed by atoms with Gasteiger partial charge in [-0.1, -0.05) is 0 Å². The zero-order valence-electron chi connectivity index (χ0n) is 5.13. The fraction of sp³-hybridized carbons (Fsp3) is 0.400. The molecular formula is C5H10N3+. The van der Waals surface area contributed by atoms with E-state index in [1.165, 1.54) is 0 Å². The number of hydrogen-bond donors (Lipinski definition) is 1. The van der Waals surface area contributed by atoms with E-state index in [-0.39, 0.29) is 0 Å². The van der Waals surface area contributed by atoms with Crippen LogP contribution in [0.4, 0.5) is 0 Å². The van der Waals surface area contributed by atoms with Crippen molar-refractivity contribution in [3.8, 4) is 0 Å². The van der Waals surface area contributed by atoms with Gasteiger partial charge in [0.15, 0.2) is 6.20 Å². The lowest BCUT2D eigenvalue weighted by Gasteiger charge is -2.03. The molecule has 0 saturated carbocycles. The Hall–Kier alpha value is -0.990. The average Bonchev–Trinajstić information content (AvgIpc) is 2.12. The third-order valence-electron chi connectivity index (χ3n) is 0.992. The summed E-state index contributed by atoms with van der Waals surface area (Å²) >= 11 is 0. The summed E-state index contributed by atoms with van der Waals surface area (Å²) in [7, 11) is 3.96. The number of H-pyrrole nitrogens is 1. The first-order valence-electron chi connectivity index (χ1n) is 2.52. The van der Waals surface area contributed by atoms with E-state index >= 15 is 0 Å². The molecule has 0 aliphatic rings. The Balaban J connectivity index is 2.77. The van der Waals surface area contributed by atoms with Gasteiger partial charge in [0.2, 0.25) is 0 Å². The summed E-state index contributed by atoms with van der Waals surface area (Å²) in [6, 6.07) is 0. The van der Waals surface area contributed by atoms with Gasteiger partial charge in [-0.05, 0) is 0 Å². The number of nitrogens with zero attached hydrogens (tertiary/aromatic N) is 2. The number of hydrogen-bond acceptors (Lipinski definition) is 1. The maximum absolute atomic E-state index is 2.93. The second-order valence-corrected chi connectivity index (χ2v) is 1.84. The minimum absolute atomic E-state index is 1.88. The van der Waals surface area contributed by atoms with Crippen molar-refractivity contribution >= 4 is 0 Å². The minimum atomic E-state index is 1.88. The Morgan fingerprint density at radius 2 is 2.25 bits per heavy atom. The number of aromatic nitrogens is 2. The van der Waals surface area contributed by atoms with E-state index in [4.69, 9.17) is 0 Å². The number of rotatable bonds is 1. The first-order chi connectivity index (χ1) is 3.80. The van der Waals surface area contributed by atoms with Crippen molar-refractivity contribution in [2.75, 3.05) is 19.1 Å². The molecule has 0 radical (unpaired) electrons. The molecule has 0 saturated heterocycles. The van der Waals surface area contributed by atoms with Crippen molar-refractivity contribution in [3.63, 3.8) is 0 Å². The zero-order valence-corrected chi connectivity index (χ0v) is 5.13. The van der Waals surface area contributed by atoms with Gasteiger partial charge >= 0.3 is 0 Å². The van der Waals surface area contributed by atoms with Crippen molar-refractivity contribution in [1.29, 1.82) is 0 Å². The van der Waals surface area contributed by atoms with Crippen LogP contribution in [0.1, 0.15) is 0 Å². The summed E-state index contributed by atoms with van der Waals surface area (Å²) in [5.41, 5.74) is 0. The molecule has 0 atom stereocenters. The molecule has 0 aromatic carbocycles. The maximum atomic E-state index is 2.93. The van der Waals surface area contributed by atoms with Crippen LogP contribution >= 0.6 is 0 Å². The molecule has 1 heterocycles. The SMILES string of the molecule is CN(C)[n+]1cc[nH]c1. The van der Waals surface area contributed by atoms with Crippen molar-refractivity contribution in [3.05, 3.63) is 18.7 Å². The van der Waals surface area contributed by atoms with Crippen molar-refractivity contribution < 1.29 is 4.68 Å². The topological polar surface area (TPSA) is 22.9 Å². The number of imidazole rings is 1. The van der Waals surface area contributed by atoms with Gasteiger partial charge in [0, 0.05) is 14.1 Å². The van der Waals surface area contributed by atoms with Crippen LogP contribution in [0.3, 0.4) is 0 Å². The normalized spacial score (nSPS) is 9.25. The largest absolute Gasteiger partial charge is 0.265 e. The van der Waals surface area contributed by atoms with Crippen molar-refractivity contribution in [2.24, 2.45) is 0 Å². The van der Waals surface area contributed by atoms with Crippen LogP contribution in [-0.4, -0.2) is 19.1 Å². The molecule has 1 aromatic heterocycles. The van der Waals surface area contributed by atoms with Crippen molar-refractivity contribution in [2.45, 2.75) is 0 Å². The third-order valence-corrected chi connectivity index (χ3v) is 0.992. The highest BCUT2D eigenvalue weighted by atomic mass is 15.5. The second-order valence-electron chi connectivity index (χ2n) is 1.84. The van der Waals surface area contributed by atoms with E-state index in [0.29, 0.717) is 0 Å². The Morgan fingerprint density at radius 1 is 1.50 bits per heavy atom. The summed E-state index contributed by atoms with van der Waals surface area (Å²) in [5, 5.41) is 1.97. The van der Waals surface area contributed by atoms with Gasteiger partial charge < -0.3 is 0 Å². The van der Waals surface area contributed by atoms with E-state index < -0.39 is 0 Å². The molecule has 0 spiro atoms. The Bertz CT molecular complexity index is 143. The summed E-state index contributed by atoms with van der Waals surface area (Å²) in [6.07, 6.45) is 5.69. The van der Waals surface area contributed by atoms with E-state index in [0.717, 1.165) is 0 Å². The lowest BCUT2D eigenvalue weighted by Crippen LogP contribution is -2.50. The standard InChI is InChI=1S/C5H9N3/c1-7(2)8-4-3-6-5-8/h3-5H,1-2H3/p+1. The lowest BCUT2D eigenvalue weighted by molar-refractivity contribution is -0.686. The molecule has 44 valence electrons. The van der Waals surface area contributed by atoms with Crippen LogP contribution in [0.15, 0.2) is 18.7 Å². The van der Waals surface area contributed by atoms with Crippen molar-refractivity contribution in [1.82, 2.24) is 4.98 Å². The summed E-state index contributed by atoms with van der Waals surface area (Å²) in [4.78, 5) is 2.93. The van der Waals surface area contributed by atoms with Crippen LogP contribution in [0.2, 0.25) is 0 Å². The smallest absolute Gasteiger partial charge is 0.250 e. The average molecular weight is 112 g/mol. The Morgan fingerprint density at radius 3 is 2.50 bits per heavy atom. The first-order valence-corrected chi connectivity index (χ1v) is 2.52. The molecule has 0 fully saturated rings. The van der Waals surface area contributed by atoms with Crippen LogP contribution in [-0.2, 0) is 0 Å². The monoisotopic (exact) mass is 112 g/mol. The van der Waals surface area contributed by atoms with Crippen LogP contribution in [0.5, 0.6) is 0 Å². The third kappa shape index (κ3) is 0.804. The van der Waals surface area contributed by atoms with Gasteiger partial charge in [-0.2, -0.15) is 0 Å². The molecule has 0 aliphatic carbocycles. The van der Waals surface area contributed by atoms with Crippen LogP contribution in [0, 0.1) is 0 Å². The summed E-state index contributed by atoms with van der Waals surface area (Å²) < 4.78 is 1.94. The van der Waals surface area contributed by atoms with E-state index in [2.05, 4.69) is 4.98 Å². The quantitative estimate of drug-likeness (QED) is 0.486. The van der Waals surface area contributed by atoms with E-state index in [1.807, 2.05) is 42.5 Å². The number of nitrogens with one attached hydrogen (secondary N) is 1. The molecule has 0 amide bonds. The highest BCUT2D eigenvalue weighted by Gasteiger charge is 1.93. The first kappa shape index (κ1) is 5.15. The predicted molar refractivity (Wildman–Crippen MR) is 31.1 cm³/mol. The van der Waals surface area contributed by atoms with Gasteiger partial charge in [-0.3, -0.25) is 0 Å². The molecule has 0 aliphatic heterocycles. The highest BCUT2D eigenvalue weighted by Crippen LogP contribution is 1.66. The van der Waals surface area contributed by atoms with Gasteiger partial charge in [0.25, 0.3) is 6.33 Å². The lowest BCUT2D eigenvalue weighted by atomic mass is 10.9. The Kier molecular flexibility index (Phi) is 1.20. The van der Waals surface area contributed by atoms with Crippen LogP contribution < -0.4 is 9.69 Å².